The maximum Gasteiger partial charge on any atom is 0.328 e. The van der Waals surface area contributed by atoms with Gasteiger partial charge in [0.1, 0.15) is 6.04 Å². The van der Waals surface area contributed by atoms with Gasteiger partial charge >= 0.3 is 5.97 Å². The number of anilines is 1. The summed E-state index contributed by atoms with van der Waals surface area (Å²) in [7, 11) is 1.29. The molecule has 1 aromatic carbocycles. The van der Waals surface area contributed by atoms with Gasteiger partial charge < -0.3 is 19.4 Å². The standard InChI is InChI=1S/C19H22N2O4/c1-12-10-14-6-4-5-7-16(14)21(12)11-15-8-9-25-17(15)18(22)20-13(2)19(23)24-3/h4-9,12-13H,10-11H2,1-3H3,(H,20,22)/t12?,13-/m0/s1. The smallest absolute Gasteiger partial charge is 0.328 e. The number of fused-ring (bicyclic) bond motifs is 1. The Morgan fingerprint density at radius 2 is 2.12 bits per heavy atom. The van der Waals surface area contributed by atoms with Crippen molar-refractivity contribution in [2.24, 2.45) is 0 Å². The monoisotopic (exact) mass is 342 g/mol. The fraction of sp³-hybridized carbons (Fsp3) is 0.368. The van der Waals surface area contributed by atoms with E-state index in [1.165, 1.54) is 24.6 Å². The molecule has 25 heavy (non-hydrogen) atoms. The van der Waals surface area contributed by atoms with Gasteiger partial charge in [0.2, 0.25) is 0 Å². The van der Waals surface area contributed by atoms with Crippen LogP contribution in [0.4, 0.5) is 5.69 Å². The summed E-state index contributed by atoms with van der Waals surface area (Å²) in [6.45, 7) is 4.31. The van der Waals surface area contributed by atoms with E-state index in [1.54, 1.807) is 13.0 Å². The average molecular weight is 342 g/mol. The minimum Gasteiger partial charge on any atom is -0.467 e. The van der Waals surface area contributed by atoms with Crippen molar-refractivity contribution in [1.29, 1.82) is 0 Å². The quantitative estimate of drug-likeness (QED) is 0.846. The molecule has 0 saturated carbocycles. The molecule has 2 atom stereocenters. The molecule has 0 saturated heterocycles. The minimum absolute atomic E-state index is 0.229. The molecule has 0 fully saturated rings. The van der Waals surface area contributed by atoms with Crippen molar-refractivity contribution in [2.45, 2.75) is 38.9 Å². The number of carbonyl (C=O) groups excluding carboxylic acids is 2. The summed E-state index contributed by atoms with van der Waals surface area (Å²) in [5.41, 5.74) is 3.28. The number of nitrogens with zero attached hydrogens (tertiary/aromatic N) is 1. The second-order valence-corrected chi connectivity index (χ2v) is 6.30. The zero-order valence-corrected chi connectivity index (χ0v) is 14.6. The predicted octanol–water partition coefficient (Wildman–Crippen LogP) is 2.52. The number of hydrogen-bond donors (Lipinski definition) is 1. The lowest BCUT2D eigenvalue weighted by molar-refractivity contribution is -0.142. The van der Waals surface area contributed by atoms with Crippen molar-refractivity contribution in [2.75, 3.05) is 12.0 Å². The first-order chi connectivity index (χ1) is 12.0. The number of amides is 1. The number of benzene rings is 1. The van der Waals surface area contributed by atoms with Crippen LogP contribution in [0.5, 0.6) is 0 Å². The van der Waals surface area contributed by atoms with Crippen LogP contribution in [0.2, 0.25) is 0 Å². The Labute approximate surface area is 146 Å². The highest BCUT2D eigenvalue weighted by molar-refractivity contribution is 5.95. The summed E-state index contributed by atoms with van der Waals surface area (Å²) in [4.78, 5) is 26.2. The SMILES string of the molecule is COC(=O)[C@H](C)NC(=O)c1occc1CN1c2ccccc2CC1C. The second kappa shape index (κ2) is 7.01. The molecule has 0 radical (unpaired) electrons. The van der Waals surface area contributed by atoms with Crippen molar-refractivity contribution in [3.63, 3.8) is 0 Å². The Hall–Kier alpha value is -2.76. The fourth-order valence-electron chi connectivity index (χ4n) is 3.21. The lowest BCUT2D eigenvalue weighted by Crippen LogP contribution is -2.39. The number of nitrogens with one attached hydrogen (secondary N) is 1. The molecule has 1 aliphatic rings. The maximum absolute atomic E-state index is 12.4. The third-order valence-electron chi connectivity index (χ3n) is 4.54. The molecule has 1 aliphatic heterocycles. The second-order valence-electron chi connectivity index (χ2n) is 6.30. The number of furan rings is 1. The first-order valence-electron chi connectivity index (χ1n) is 8.31. The lowest BCUT2D eigenvalue weighted by Gasteiger charge is -2.24. The molecule has 0 aliphatic carbocycles. The predicted molar refractivity (Wildman–Crippen MR) is 93.4 cm³/mol. The molecule has 3 rings (SSSR count). The molecule has 6 heteroatoms. The zero-order chi connectivity index (χ0) is 18.0. The Morgan fingerprint density at radius 1 is 1.36 bits per heavy atom. The Bertz CT molecular complexity index is 783. The molecule has 6 nitrogen and oxygen atoms in total. The fourth-order valence-corrected chi connectivity index (χ4v) is 3.21. The van der Waals surface area contributed by atoms with Crippen molar-refractivity contribution >= 4 is 17.6 Å². The molecule has 1 aromatic heterocycles. The van der Waals surface area contributed by atoms with Gasteiger partial charge in [-0.15, -0.1) is 0 Å². The Kier molecular flexibility index (Phi) is 4.79. The molecule has 0 spiro atoms. The summed E-state index contributed by atoms with van der Waals surface area (Å²) in [6.07, 6.45) is 2.48. The van der Waals surface area contributed by atoms with Crippen LogP contribution in [-0.4, -0.2) is 31.1 Å². The summed E-state index contributed by atoms with van der Waals surface area (Å²) in [6, 6.07) is 9.69. The number of rotatable bonds is 5. The van der Waals surface area contributed by atoms with Gasteiger partial charge in [0.05, 0.1) is 13.4 Å². The minimum atomic E-state index is -0.734. The number of carbonyl (C=O) groups is 2. The summed E-state index contributed by atoms with van der Waals surface area (Å²) >= 11 is 0. The Balaban J connectivity index is 1.76. The van der Waals surface area contributed by atoms with Crippen LogP contribution in [0.25, 0.3) is 0 Å². The summed E-state index contributed by atoms with van der Waals surface area (Å²) < 4.78 is 10.0. The summed E-state index contributed by atoms with van der Waals surface area (Å²) in [5, 5.41) is 2.60. The third-order valence-corrected chi connectivity index (χ3v) is 4.54. The van der Waals surface area contributed by atoms with Crippen molar-refractivity contribution < 1.29 is 18.7 Å². The van der Waals surface area contributed by atoms with E-state index in [0.29, 0.717) is 12.6 Å². The van der Waals surface area contributed by atoms with E-state index in [1.807, 2.05) is 12.1 Å². The summed E-state index contributed by atoms with van der Waals surface area (Å²) in [5.74, 6) is -0.686. The van der Waals surface area contributed by atoms with E-state index in [2.05, 4.69) is 34.0 Å². The molecule has 1 unspecified atom stereocenters. The van der Waals surface area contributed by atoms with Gasteiger partial charge in [0, 0.05) is 23.8 Å². The molecule has 0 bridgehead atoms. The van der Waals surface area contributed by atoms with Gasteiger partial charge in [0.25, 0.3) is 5.91 Å². The van der Waals surface area contributed by atoms with Crippen LogP contribution in [-0.2, 0) is 22.5 Å². The number of para-hydroxylation sites is 1. The van der Waals surface area contributed by atoms with Crippen LogP contribution in [0, 0.1) is 0 Å². The van der Waals surface area contributed by atoms with Crippen LogP contribution in [0.15, 0.2) is 41.0 Å². The first-order valence-corrected chi connectivity index (χ1v) is 8.31. The van der Waals surface area contributed by atoms with Crippen molar-refractivity contribution in [1.82, 2.24) is 5.32 Å². The van der Waals surface area contributed by atoms with Gasteiger partial charge in [-0.1, -0.05) is 18.2 Å². The molecule has 2 heterocycles. The molecular formula is C19H22N2O4. The van der Waals surface area contributed by atoms with Gasteiger partial charge in [-0.25, -0.2) is 4.79 Å². The topological polar surface area (TPSA) is 71.8 Å². The van der Waals surface area contributed by atoms with Crippen LogP contribution in [0.3, 0.4) is 0 Å². The van der Waals surface area contributed by atoms with Gasteiger partial charge in [-0.2, -0.15) is 0 Å². The van der Waals surface area contributed by atoms with Gasteiger partial charge in [-0.3, -0.25) is 4.79 Å². The van der Waals surface area contributed by atoms with Crippen LogP contribution >= 0.6 is 0 Å². The zero-order valence-electron chi connectivity index (χ0n) is 14.6. The maximum atomic E-state index is 12.4. The molecule has 132 valence electrons. The van der Waals surface area contributed by atoms with Crippen LogP contribution in [0.1, 0.15) is 35.5 Å². The average Bonchev–Trinajstić information content (AvgIpc) is 3.19. The number of methoxy groups -OCH3 is 1. The first kappa shape index (κ1) is 17.1. The van der Waals surface area contributed by atoms with E-state index >= 15 is 0 Å². The van der Waals surface area contributed by atoms with Gasteiger partial charge in [-0.05, 0) is 38.0 Å². The molecule has 1 amide bonds. The largest absolute Gasteiger partial charge is 0.467 e. The normalized spacial score (nSPS) is 17.1. The van der Waals surface area contributed by atoms with E-state index in [9.17, 15) is 9.59 Å². The lowest BCUT2D eigenvalue weighted by atomic mass is 10.1. The number of ether oxygens (including phenoxy) is 1. The van der Waals surface area contributed by atoms with Crippen molar-refractivity contribution in [3.05, 3.63) is 53.5 Å². The molecular weight excluding hydrogens is 320 g/mol. The molecule has 2 aromatic rings. The van der Waals surface area contributed by atoms with E-state index < -0.39 is 17.9 Å². The van der Waals surface area contributed by atoms with E-state index in [0.717, 1.165) is 12.0 Å². The van der Waals surface area contributed by atoms with Crippen LogP contribution < -0.4 is 10.2 Å². The molecule has 1 N–H and O–H groups in total. The number of hydrogen-bond acceptors (Lipinski definition) is 5. The Morgan fingerprint density at radius 3 is 2.88 bits per heavy atom. The highest BCUT2D eigenvalue weighted by atomic mass is 16.5. The highest BCUT2D eigenvalue weighted by Crippen LogP contribution is 2.33. The van der Waals surface area contributed by atoms with E-state index in [4.69, 9.17) is 4.42 Å². The third kappa shape index (κ3) is 3.38. The van der Waals surface area contributed by atoms with Gasteiger partial charge in [0.15, 0.2) is 5.76 Å². The number of esters is 1. The highest BCUT2D eigenvalue weighted by Gasteiger charge is 2.28. The van der Waals surface area contributed by atoms with Crippen molar-refractivity contribution in [3.8, 4) is 0 Å². The van der Waals surface area contributed by atoms with E-state index in [-0.39, 0.29) is 5.76 Å².